The predicted molar refractivity (Wildman–Crippen MR) is 92.7 cm³/mol. The van der Waals surface area contributed by atoms with Crippen molar-refractivity contribution < 1.29 is 4.79 Å². The van der Waals surface area contributed by atoms with Crippen LogP contribution in [0.3, 0.4) is 0 Å². The summed E-state index contributed by atoms with van der Waals surface area (Å²) in [6, 6.07) is 3.79. The number of hydrogen-bond donors (Lipinski definition) is 0. The van der Waals surface area contributed by atoms with E-state index < -0.39 is 0 Å². The molecule has 3 rings (SSSR count). The smallest absolute Gasteiger partial charge is 0.263 e. The van der Waals surface area contributed by atoms with Crippen molar-refractivity contribution >= 4 is 5.91 Å². The third-order valence-corrected chi connectivity index (χ3v) is 4.55. The maximum atomic E-state index is 12.9. The molecule has 5 heteroatoms. The summed E-state index contributed by atoms with van der Waals surface area (Å²) in [6.07, 6.45) is 6.23. The molecule has 5 nitrogen and oxygen atoms in total. The van der Waals surface area contributed by atoms with E-state index in [4.69, 9.17) is 0 Å². The first kappa shape index (κ1) is 16.4. The van der Waals surface area contributed by atoms with Gasteiger partial charge in [-0.2, -0.15) is 0 Å². The zero-order valence-electron chi connectivity index (χ0n) is 14.5. The van der Waals surface area contributed by atoms with Crippen LogP contribution >= 0.6 is 0 Å². The molecule has 0 spiro atoms. The molecule has 2 aromatic rings. The van der Waals surface area contributed by atoms with Crippen molar-refractivity contribution in [2.75, 3.05) is 0 Å². The molecule has 0 unspecified atom stereocenters. The third kappa shape index (κ3) is 3.11. The number of nitrogens with zero attached hydrogens (tertiary/aromatic N) is 3. The molecule has 1 aliphatic heterocycles. The average Bonchev–Trinajstić information content (AvgIpc) is 2.98. The van der Waals surface area contributed by atoms with Gasteiger partial charge in [-0.1, -0.05) is 13.8 Å². The Bertz CT molecular complexity index is 799. The van der Waals surface area contributed by atoms with Crippen LogP contribution in [0.2, 0.25) is 0 Å². The van der Waals surface area contributed by atoms with Gasteiger partial charge in [0.15, 0.2) is 0 Å². The highest BCUT2D eigenvalue weighted by molar-refractivity contribution is 5.95. The van der Waals surface area contributed by atoms with Crippen LogP contribution < -0.4 is 5.56 Å². The molecule has 1 amide bonds. The van der Waals surface area contributed by atoms with Gasteiger partial charge in [0.1, 0.15) is 5.56 Å². The van der Waals surface area contributed by atoms with Crippen LogP contribution in [-0.2, 0) is 19.6 Å². The fourth-order valence-electron chi connectivity index (χ4n) is 3.02. The molecule has 0 radical (unpaired) electrons. The van der Waals surface area contributed by atoms with Crippen LogP contribution in [0.15, 0.2) is 35.5 Å². The first-order valence-corrected chi connectivity index (χ1v) is 8.38. The molecule has 0 atom stereocenters. The fraction of sp³-hybridized carbons (Fsp3) is 0.421. The molecule has 0 aromatic carbocycles. The highest BCUT2D eigenvalue weighted by Gasteiger charge is 2.27. The van der Waals surface area contributed by atoms with Gasteiger partial charge < -0.3 is 9.47 Å². The molecule has 0 saturated heterocycles. The number of carbonyl (C=O) groups excluding carboxylic acids is 1. The van der Waals surface area contributed by atoms with Gasteiger partial charge in [-0.15, -0.1) is 0 Å². The zero-order chi connectivity index (χ0) is 17.3. The van der Waals surface area contributed by atoms with E-state index in [0.29, 0.717) is 31.1 Å². The molecule has 0 saturated carbocycles. The van der Waals surface area contributed by atoms with Gasteiger partial charge in [0, 0.05) is 38.2 Å². The quantitative estimate of drug-likeness (QED) is 0.868. The highest BCUT2D eigenvalue weighted by atomic mass is 16.2. The summed E-state index contributed by atoms with van der Waals surface area (Å²) in [4.78, 5) is 31.6. The van der Waals surface area contributed by atoms with Gasteiger partial charge in [-0.05, 0) is 48.1 Å². The van der Waals surface area contributed by atoms with E-state index in [1.54, 1.807) is 28.1 Å². The summed E-state index contributed by atoms with van der Waals surface area (Å²) < 4.78 is 1.66. The van der Waals surface area contributed by atoms with Crippen molar-refractivity contribution in [3.8, 4) is 0 Å². The second-order valence-corrected chi connectivity index (χ2v) is 6.86. The molecule has 0 fully saturated rings. The molecule has 0 aliphatic carbocycles. The Morgan fingerprint density at radius 2 is 2.00 bits per heavy atom. The standard InChI is InChI=1S/C19H23N3O2/c1-13(2)5-8-21-9-6-14(3)17(18(21)23)19(24)22-11-15-4-7-20-10-16(15)12-22/h4,6-7,9-10,13H,5,8,11-12H2,1-3H3. The van der Waals surface area contributed by atoms with Crippen molar-refractivity contribution in [3.63, 3.8) is 0 Å². The van der Waals surface area contributed by atoms with Gasteiger partial charge in [-0.3, -0.25) is 14.6 Å². The maximum Gasteiger partial charge on any atom is 0.263 e. The van der Waals surface area contributed by atoms with E-state index in [0.717, 1.165) is 23.1 Å². The van der Waals surface area contributed by atoms with Crippen molar-refractivity contribution in [2.24, 2.45) is 5.92 Å². The summed E-state index contributed by atoms with van der Waals surface area (Å²) in [6.45, 7) is 7.77. The van der Waals surface area contributed by atoms with E-state index in [9.17, 15) is 9.59 Å². The molecule has 24 heavy (non-hydrogen) atoms. The third-order valence-electron chi connectivity index (χ3n) is 4.55. The summed E-state index contributed by atoms with van der Waals surface area (Å²) >= 11 is 0. The number of rotatable bonds is 4. The number of pyridine rings is 2. The second-order valence-electron chi connectivity index (χ2n) is 6.86. The molecule has 0 N–H and O–H groups in total. The number of fused-ring (bicyclic) bond motifs is 1. The lowest BCUT2D eigenvalue weighted by atomic mass is 10.1. The van der Waals surface area contributed by atoms with E-state index in [-0.39, 0.29) is 11.5 Å². The minimum absolute atomic E-state index is 0.185. The molecule has 126 valence electrons. The van der Waals surface area contributed by atoms with E-state index >= 15 is 0 Å². The van der Waals surface area contributed by atoms with Crippen LogP contribution in [0.1, 0.15) is 47.3 Å². The Hall–Kier alpha value is -2.43. The Labute approximate surface area is 141 Å². The number of amides is 1. The summed E-state index contributed by atoms with van der Waals surface area (Å²) in [7, 11) is 0. The lowest BCUT2D eigenvalue weighted by Crippen LogP contribution is -2.35. The zero-order valence-corrected chi connectivity index (χ0v) is 14.5. The predicted octanol–water partition coefficient (Wildman–Crippen LogP) is 2.75. The molecule has 3 heterocycles. The number of aromatic nitrogens is 2. The monoisotopic (exact) mass is 325 g/mol. The van der Waals surface area contributed by atoms with E-state index in [1.807, 2.05) is 19.1 Å². The largest absolute Gasteiger partial charge is 0.330 e. The SMILES string of the molecule is Cc1ccn(CCC(C)C)c(=O)c1C(=O)N1Cc2ccncc2C1. The van der Waals surface area contributed by atoms with Crippen molar-refractivity contribution in [2.45, 2.75) is 46.8 Å². The van der Waals surface area contributed by atoms with Gasteiger partial charge in [0.25, 0.3) is 11.5 Å². The summed E-state index contributed by atoms with van der Waals surface area (Å²) in [5.74, 6) is 0.325. The van der Waals surface area contributed by atoms with Crippen LogP contribution in [0.25, 0.3) is 0 Å². The van der Waals surface area contributed by atoms with Crippen LogP contribution in [0.5, 0.6) is 0 Å². The first-order valence-electron chi connectivity index (χ1n) is 8.38. The fourth-order valence-corrected chi connectivity index (χ4v) is 3.02. The minimum Gasteiger partial charge on any atom is -0.330 e. The maximum absolute atomic E-state index is 12.9. The van der Waals surface area contributed by atoms with E-state index in [2.05, 4.69) is 18.8 Å². The Balaban J connectivity index is 1.88. The minimum atomic E-state index is -0.187. The topological polar surface area (TPSA) is 55.2 Å². The van der Waals surface area contributed by atoms with Crippen LogP contribution in [-0.4, -0.2) is 20.4 Å². The number of hydrogen-bond acceptors (Lipinski definition) is 3. The molecule has 1 aliphatic rings. The van der Waals surface area contributed by atoms with Gasteiger partial charge in [0.05, 0.1) is 0 Å². The normalized spacial score (nSPS) is 13.4. The lowest BCUT2D eigenvalue weighted by molar-refractivity contribution is 0.0748. The first-order chi connectivity index (χ1) is 11.5. The average molecular weight is 325 g/mol. The molecular formula is C19H23N3O2. The molecular weight excluding hydrogens is 302 g/mol. The van der Waals surface area contributed by atoms with E-state index in [1.165, 1.54) is 0 Å². The number of carbonyl (C=O) groups is 1. The Morgan fingerprint density at radius 3 is 2.71 bits per heavy atom. The van der Waals surface area contributed by atoms with Gasteiger partial charge in [0.2, 0.25) is 0 Å². The van der Waals surface area contributed by atoms with Crippen molar-refractivity contribution in [1.82, 2.24) is 14.5 Å². The lowest BCUT2D eigenvalue weighted by Gasteiger charge is -2.18. The van der Waals surface area contributed by atoms with Crippen LogP contribution in [0, 0.1) is 12.8 Å². The highest BCUT2D eigenvalue weighted by Crippen LogP contribution is 2.23. The second kappa shape index (κ2) is 6.59. The Kier molecular flexibility index (Phi) is 4.51. The molecule has 0 bridgehead atoms. The number of aryl methyl sites for hydroxylation is 2. The Morgan fingerprint density at radius 1 is 1.25 bits per heavy atom. The van der Waals surface area contributed by atoms with Crippen molar-refractivity contribution in [3.05, 3.63) is 63.3 Å². The summed E-state index contributed by atoms with van der Waals surface area (Å²) in [5.41, 5.74) is 3.00. The van der Waals surface area contributed by atoms with Crippen molar-refractivity contribution in [1.29, 1.82) is 0 Å². The summed E-state index contributed by atoms with van der Waals surface area (Å²) in [5, 5.41) is 0. The van der Waals surface area contributed by atoms with Gasteiger partial charge in [-0.25, -0.2) is 0 Å². The molecule has 2 aromatic heterocycles. The van der Waals surface area contributed by atoms with Gasteiger partial charge >= 0.3 is 0 Å². The van der Waals surface area contributed by atoms with Crippen LogP contribution in [0.4, 0.5) is 0 Å².